The molecule has 1 aliphatic rings. The van der Waals surface area contributed by atoms with Crippen molar-refractivity contribution in [3.63, 3.8) is 0 Å². The SMILES string of the molecule is C[C@]1(CC(=O)O)CC1(Br)Br. The van der Waals surface area contributed by atoms with E-state index in [0.29, 0.717) is 0 Å². The molecule has 0 aromatic heterocycles. The molecule has 1 aliphatic carbocycles. The van der Waals surface area contributed by atoms with Crippen LogP contribution >= 0.6 is 31.9 Å². The van der Waals surface area contributed by atoms with Crippen molar-refractivity contribution >= 4 is 37.8 Å². The van der Waals surface area contributed by atoms with Crippen LogP contribution in [0.2, 0.25) is 0 Å². The summed E-state index contributed by atoms with van der Waals surface area (Å²) in [5.41, 5.74) is -0.0984. The number of hydrogen-bond acceptors (Lipinski definition) is 1. The van der Waals surface area contributed by atoms with Gasteiger partial charge in [0.1, 0.15) is 0 Å². The number of carboxylic acids is 1. The first-order valence-electron chi connectivity index (χ1n) is 2.97. The monoisotopic (exact) mass is 270 g/mol. The third-order valence-electron chi connectivity index (χ3n) is 1.91. The van der Waals surface area contributed by atoms with E-state index in [2.05, 4.69) is 31.9 Å². The Labute approximate surface area is 76.2 Å². The van der Waals surface area contributed by atoms with E-state index in [1.807, 2.05) is 6.92 Å². The Morgan fingerprint density at radius 3 is 2.20 bits per heavy atom. The first-order valence-corrected chi connectivity index (χ1v) is 4.56. The van der Waals surface area contributed by atoms with Gasteiger partial charge in [0, 0.05) is 5.41 Å². The molecule has 0 unspecified atom stereocenters. The van der Waals surface area contributed by atoms with Gasteiger partial charge in [-0.3, -0.25) is 4.79 Å². The molecule has 0 aromatic carbocycles. The molecule has 1 atom stereocenters. The number of carboxylic acid groups (broad SMARTS) is 1. The molecule has 4 heteroatoms. The molecule has 1 fully saturated rings. The first kappa shape index (κ1) is 8.53. The van der Waals surface area contributed by atoms with Crippen LogP contribution in [-0.2, 0) is 4.79 Å². The van der Waals surface area contributed by atoms with Crippen molar-refractivity contribution in [2.45, 2.75) is 23.0 Å². The van der Waals surface area contributed by atoms with Crippen molar-refractivity contribution in [2.24, 2.45) is 5.41 Å². The van der Waals surface area contributed by atoms with Crippen LogP contribution in [0.3, 0.4) is 0 Å². The van der Waals surface area contributed by atoms with Gasteiger partial charge in [0.15, 0.2) is 0 Å². The molecule has 0 heterocycles. The van der Waals surface area contributed by atoms with Crippen LogP contribution in [0.1, 0.15) is 19.8 Å². The first-order chi connectivity index (χ1) is 4.37. The average molecular weight is 272 g/mol. The molecule has 0 saturated heterocycles. The van der Waals surface area contributed by atoms with Crippen molar-refractivity contribution in [1.29, 1.82) is 0 Å². The number of alkyl halides is 2. The van der Waals surface area contributed by atoms with Crippen LogP contribution < -0.4 is 0 Å². The quantitative estimate of drug-likeness (QED) is 0.783. The van der Waals surface area contributed by atoms with Crippen molar-refractivity contribution in [2.75, 3.05) is 0 Å². The van der Waals surface area contributed by atoms with Gasteiger partial charge in [0.25, 0.3) is 0 Å². The highest BCUT2D eigenvalue weighted by Crippen LogP contribution is 2.67. The lowest BCUT2D eigenvalue weighted by Crippen LogP contribution is -2.09. The van der Waals surface area contributed by atoms with Crippen molar-refractivity contribution in [1.82, 2.24) is 0 Å². The van der Waals surface area contributed by atoms with Gasteiger partial charge in [-0.05, 0) is 6.42 Å². The number of hydrogen-bond donors (Lipinski definition) is 1. The Morgan fingerprint density at radius 2 is 2.10 bits per heavy atom. The van der Waals surface area contributed by atoms with Crippen molar-refractivity contribution in [3.05, 3.63) is 0 Å². The summed E-state index contributed by atoms with van der Waals surface area (Å²) in [7, 11) is 0. The molecule has 10 heavy (non-hydrogen) atoms. The molecule has 0 amide bonds. The standard InChI is InChI=1S/C6H8Br2O2/c1-5(2-4(9)10)3-6(5,7)8/h2-3H2,1H3,(H,9,10)/t5-/m0/s1. The molecule has 1 saturated carbocycles. The topological polar surface area (TPSA) is 37.3 Å². The number of aliphatic carboxylic acids is 1. The van der Waals surface area contributed by atoms with Gasteiger partial charge in [-0.1, -0.05) is 38.8 Å². The molecule has 58 valence electrons. The second-order valence-corrected chi connectivity index (χ2v) is 6.78. The van der Waals surface area contributed by atoms with E-state index in [1.54, 1.807) is 0 Å². The summed E-state index contributed by atoms with van der Waals surface area (Å²) in [5.74, 6) is -0.733. The predicted molar refractivity (Wildman–Crippen MR) is 45.6 cm³/mol. The normalized spacial score (nSPS) is 35.5. The second-order valence-electron chi connectivity index (χ2n) is 3.01. The zero-order valence-corrected chi connectivity index (χ0v) is 8.70. The summed E-state index contributed by atoms with van der Waals surface area (Å²) in [5, 5.41) is 8.48. The smallest absolute Gasteiger partial charge is 0.303 e. The van der Waals surface area contributed by atoms with Gasteiger partial charge in [0.05, 0.1) is 9.65 Å². The Hall–Kier alpha value is 0.430. The third kappa shape index (κ3) is 1.37. The molecule has 0 spiro atoms. The van der Waals surface area contributed by atoms with E-state index >= 15 is 0 Å². The zero-order valence-electron chi connectivity index (χ0n) is 5.53. The molecule has 0 bridgehead atoms. The average Bonchev–Trinajstić information content (AvgIpc) is 2.01. The summed E-state index contributed by atoms with van der Waals surface area (Å²) in [6.07, 6.45) is 1.11. The molecule has 0 aliphatic heterocycles. The van der Waals surface area contributed by atoms with Gasteiger partial charge in [-0.25, -0.2) is 0 Å². The maximum Gasteiger partial charge on any atom is 0.303 e. The molecule has 2 nitrogen and oxygen atoms in total. The highest BCUT2D eigenvalue weighted by molar-refractivity contribution is 9.25. The molecular formula is C6H8Br2O2. The molecular weight excluding hydrogens is 264 g/mol. The van der Waals surface area contributed by atoms with E-state index in [-0.39, 0.29) is 15.1 Å². The fourth-order valence-corrected chi connectivity index (χ4v) is 2.49. The van der Waals surface area contributed by atoms with Gasteiger partial charge in [-0.2, -0.15) is 0 Å². The lowest BCUT2D eigenvalue weighted by molar-refractivity contribution is -0.138. The van der Waals surface area contributed by atoms with E-state index in [1.165, 1.54) is 0 Å². The number of rotatable bonds is 2. The molecule has 0 aromatic rings. The largest absolute Gasteiger partial charge is 0.481 e. The Morgan fingerprint density at radius 1 is 1.70 bits per heavy atom. The highest BCUT2D eigenvalue weighted by atomic mass is 79.9. The van der Waals surface area contributed by atoms with Crippen molar-refractivity contribution < 1.29 is 9.90 Å². The van der Waals surface area contributed by atoms with Crippen LogP contribution in [0.4, 0.5) is 0 Å². The maximum absolute atomic E-state index is 10.3. The van der Waals surface area contributed by atoms with Crippen LogP contribution in [0, 0.1) is 5.41 Å². The highest BCUT2D eigenvalue weighted by Gasteiger charge is 2.62. The lowest BCUT2D eigenvalue weighted by atomic mass is 10.1. The molecule has 0 radical (unpaired) electrons. The fourth-order valence-electron chi connectivity index (χ4n) is 0.971. The summed E-state index contributed by atoms with van der Waals surface area (Å²) in [4.78, 5) is 10.3. The van der Waals surface area contributed by atoms with Gasteiger partial charge in [-0.15, -0.1) is 0 Å². The van der Waals surface area contributed by atoms with Crippen LogP contribution in [-0.4, -0.2) is 14.3 Å². The number of halogens is 2. The summed E-state index contributed by atoms with van der Waals surface area (Å²) in [6, 6.07) is 0. The minimum absolute atomic E-state index is 0.0984. The fraction of sp³-hybridized carbons (Fsp3) is 0.833. The van der Waals surface area contributed by atoms with Crippen LogP contribution in [0.5, 0.6) is 0 Å². The molecule has 1 rings (SSSR count). The maximum atomic E-state index is 10.3. The van der Waals surface area contributed by atoms with Crippen molar-refractivity contribution in [3.8, 4) is 0 Å². The third-order valence-corrected chi connectivity index (χ3v) is 4.39. The van der Waals surface area contributed by atoms with Crippen LogP contribution in [0.15, 0.2) is 0 Å². The minimum Gasteiger partial charge on any atom is -0.481 e. The van der Waals surface area contributed by atoms with E-state index < -0.39 is 5.97 Å². The van der Waals surface area contributed by atoms with Crippen LogP contribution in [0.25, 0.3) is 0 Å². The Kier molecular flexibility index (Phi) is 1.88. The van der Waals surface area contributed by atoms with E-state index in [4.69, 9.17) is 5.11 Å². The summed E-state index contributed by atoms with van der Waals surface area (Å²) < 4.78 is -0.120. The van der Waals surface area contributed by atoms with Gasteiger partial charge < -0.3 is 5.11 Å². The number of carbonyl (C=O) groups is 1. The summed E-state index contributed by atoms with van der Waals surface area (Å²) in [6.45, 7) is 1.95. The second kappa shape index (κ2) is 2.21. The Bertz CT molecular complexity index is 179. The summed E-state index contributed by atoms with van der Waals surface area (Å²) >= 11 is 6.78. The lowest BCUT2D eigenvalue weighted by Gasteiger charge is -2.07. The van der Waals surface area contributed by atoms with E-state index in [0.717, 1.165) is 6.42 Å². The predicted octanol–water partition coefficient (Wildman–Crippen LogP) is 2.36. The van der Waals surface area contributed by atoms with E-state index in [9.17, 15) is 4.79 Å². The Balaban J connectivity index is 2.52. The minimum atomic E-state index is -0.733. The zero-order chi connectivity index (χ0) is 7.99. The van der Waals surface area contributed by atoms with Gasteiger partial charge in [0.2, 0.25) is 0 Å². The van der Waals surface area contributed by atoms with Gasteiger partial charge >= 0.3 is 5.97 Å². The molecule has 1 N–H and O–H groups in total.